The van der Waals surface area contributed by atoms with Crippen molar-refractivity contribution in [1.82, 2.24) is 9.38 Å². The molecule has 0 aliphatic heterocycles. The first-order valence-electron chi connectivity index (χ1n) is 5.71. The number of aromatic nitrogens is 2. The number of nitrogens with zero attached hydrogens (tertiary/aromatic N) is 2. The summed E-state index contributed by atoms with van der Waals surface area (Å²) >= 11 is 6.11. The summed E-state index contributed by atoms with van der Waals surface area (Å²) in [5.74, 6) is 1.31. The molecule has 3 aromatic rings. The van der Waals surface area contributed by atoms with E-state index in [1.165, 1.54) is 0 Å². The Bertz CT molecular complexity index is 752. The maximum absolute atomic E-state index is 10.0. The van der Waals surface area contributed by atoms with Gasteiger partial charge in [0, 0.05) is 0 Å². The minimum absolute atomic E-state index is 0.0813. The Morgan fingerprint density at radius 1 is 1.16 bits per heavy atom. The van der Waals surface area contributed by atoms with Crippen molar-refractivity contribution >= 4 is 17.1 Å². The van der Waals surface area contributed by atoms with Gasteiger partial charge in [0.1, 0.15) is 5.75 Å². The molecule has 19 heavy (non-hydrogen) atoms. The average Bonchev–Trinajstić information content (AvgIpc) is 2.78. The van der Waals surface area contributed by atoms with Crippen molar-refractivity contribution in [2.24, 2.45) is 0 Å². The van der Waals surface area contributed by atoms with Gasteiger partial charge >= 0.3 is 0 Å². The molecule has 0 saturated carbocycles. The van der Waals surface area contributed by atoms with Gasteiger partial charge in [-0.25, -0.2) is 4.98 Å². The predicted molar refractivity (Wildman–Crippen MR) is 73.9 cm³/mol. The normalized spacial score (nSPS) is 10.8. The van der Waals surface area contributed by atoms with E-state index in [4.69, 9.17) is 16.3 Å². The number of hydrogen-bond acceptors (Lipinski definition) is 3. The molecule has 3 rings (SSSR count). The van der Waals surface area contributed by atoms with Crippen LogP contribution in [-0.2, 0) is 0 Å². The standard InChI is InChI=1S/C14H11ClN2O2/c1-19-11-7-3-2-5-9(11)14-16-13(15)10-6-4-8-12(18)17(10)14/h2-8,18H,1H3. The van der Waals surface area contributed by atoms with Crippen LogP contribution in [0.15, 0.2) is 42.5 Å². The van der Waals surface area contributed by atoms with Gasteiger partial charge in [0.05, 0.1) is 18.2 Å². The maximum atomic E-state index is 10.0. The van der Waals surface area contributed by atoms with Gasteiger partial charge in [-0.3, -0.25) is 4.40 Å². The first kappa shape index (κ1) is 11.9. The van der Waals surface area contributed by atoms with E-state index in [-0.39, 0.29) is 5.88 Å². The second-order valence-corrected chi connectivity index (χ2v) is 4.39. The smallest absolute Gasteiger partial charge is 0.197 e. The van der Waals surface area contributed by atoms with E-state index in [0.717, 1.165) is 5.56 Å². The maximum Gasteiger partial charge on any atom is 0.197 e. The fraction of sp³-hybridized carbons (Fsp3) is 0.0714. The van der Waals surface area contributed by atoms with Crippen molar-refractivity contribution in [2.75, 3.05) is 7.11 Å². The molecule has 0 fully saturated rings. The monoisotopic (exact) mass is 274 g/mol. The second-order valence-electron chi connectivity index (χ2n) is 4.03. The highest BCUT2D eigenvalue weighted by Crippen LogP contribution is 2.34. The van der Waals surface area contributed by atoms with Crippen molar-refractivity contribution in [3.8, 4) is 23.0 Å². The Balaban J connectivity index is 2.37. The summed E-state index contributed by atoms with van der Waals surface area (Å²) in [5.41, 5.74) is 1.43. The quantitative estimate of drug-likeness (QED) is 0.779. The molecule has 1 aromatic carbocycles. The fourth-order valence-electron chi connectivity index (χ4n) is 2.09. The topological polar surface area (TPSA) is 46.8 Å². The van der Waals surface area contributed by atoms with Crippen LogP contribution in [-0.4, -0.2) is 21.6 Å². The number of imidazole rings is 1. The largest absolute Gasteiger partial charge is 0.496 e. The number of benzene rings is 1. The van der Waals surface area contributed by atoms with Crippen LogP contribution in [0, 0.1) is 0 Å². The molecule has 0 bridgehead atoms. The van der Waals surface area contributed by atoms with Crippen LogP contribution in [0.1, 0.15) is 0 Å². The van der Waals surface area contributed by atoms with Crippen LogP contribution < -0.4 is 4.74 Å². The highest BCUT2D eigenvalue weighted by atomic mass is 35.5. The highest BCUT2D eigenvalue weighted by Gasteiger charge is 2.16. The van der Waals surface area contributed by atoms with E-state index in [1.807, 2.05) is 24.3 Å². The molecule has 2 heterocycles. The van der Waals surface area contributed by atoms with Crippen LogP contribution in [0.4, 0.5) is 0 Å². The molecule has 2 aromatic heterocycles. The van der Waals surface area contributed by atoms with E-state index < -0.39 is 0 Å². The average molecular weight is 275 g/mol. The lowest BCUT2D eigenvalue weighted by atomic mass is 10.2. The molecule has 0 amide bonds. The third kappa shape index (κ3) is 1.81. The lowest BCUT2D eigenvalue weighted by Gasteiger charge is -2.08. The number of fused-ring (bicyclic) bond motifs is 1. The van der Waals surface area contributed by atoms with E-state index in [0.29, 0.717) is 22.2 Å². The van der Waals surface area contributed by atoms with E-state index in [2.05, 4.69) is 4.98 Å². The number of hydrogen-bond donors (Lipinski definition) is 1. The van der Waals surface area contributed by atoms with Gasteiger partial charge < -0.3 is 9.84 Å². The molecule has 0 saturated heterocycles. The number of pyridine rings is 1. The Morgan fingerprint density at radius 3 is 2.74 bits per heavy atom. The van der Waals surface area contributed by atoms with Gasteiger partial charge in [-0.2, -0.15) is 0 Å². The molecular formula is C14H11ClN2O2. The summed E-state index contributed by atoms with van der Waals surface area (Å²) in [6.07, 6.45) is 0. The van der Waals surface area contributed by atoms with Crippen molar-refractivity contribution in [1.29, 1.82) is 0 Å². The molecule has 0 aliphatic rings. The van der Waals surface area contributed by atoms with Crippen LogP contribution >= 0.6 is 11.6 Å². The Labute approximate surface area is 114 Å². The van der Waals surface area contributed by atoms with Crippen LogP contribution in [0.25, 0.3) is 16.9 Å². The summed E-state index contributed by atoms with van der Waals surface area (Å²) in [4.78, 5) is 4.32. The number of rotatable bonds is 2. The summed E-state index contributed by atoms with van der Waals surface area (Å²) < 4.78 is 6.92. The summed E-state index contributed by atoms with van der Waals surface area (Å²) in [6, 6.07) is 12.6. The summed E-state index contributed by atoms with van der Waals surface area (Å²) in [6.45, 7) is 0. The van der Waals surface area contributed by atoms with E-state index in [1.54, 1.807) is 29.7 Å². The number of ether oxygens (including phenoxy) is 1. The van der Waals surface area contributed by atoms with E-state index in [9.17, 15) is 5.11 Å². The van der Waals surface area contributed by atoms with Crippen molar-refractivity contribution in [3.63, 3.8) is 0 Å². The zero-order chi connectivity index (χ0) is 13.4. The number of halogens is 1. The highest BCUT2D eigenvalue weighted by molar-refractivity contribution is 6.33. The Hall–Kier alpha value is -2.20. The van der Waals surface area contributed by atoms with Gasteiger partial charge in [-0.1, -0.05) is 29.8 Å². The third-order valence-electron chi connectivity index (χ3n) is 2.94. The molecule has 96 valence electrons. The molecule has 0 spiro atoms. The Kier molecular flexibility index (Phi) is 2.80. The fourth-order valence-corrected chi connectivity index (χ4v) is 2.32. The molecule has 5 heteroatoms. The molecule has 1 N–H and O–H groups in total. The molecule has 0 aliphatic carbocycles. The van der Waals surface area contributed by atoms with Crippen LogP contribution in [0.5, 0.6) is 11.6 Å². The first-order chi connectivity index (χ1) is 9.22. The van der Waals surface area contributed by atoms with E-state index >= 15 is 0 Å². The molecule has 0 atom stereocenters. The van der Waals surface area contributed by atoms with Crippen molar-refractivity contribution < 1.29 is 9.84 Å². The molecule has 4 nitrogen and oxygen atoms in total. The molecule has 0 unspecified atom stereocenters. The molecular weight excluding hydrogens is 264 g/mol. The number of aromatic hydroxyl groups is 1. The lowest BCUT2D eigenvalue weighted by molar-refractivity contribution is 0.415. The SMILES string of the molecule is COc1ccccc1-c1nc(Cl)c2cccc(O)n12. The third-order valence-corrected chi connectivity index (χ3v) is 3.22. The predicted octanol–water partition coefficient (Wildman–Crippen LogP) is 3.37. The van der Waals surface area contributed by atoms with Gasteiger partial charge in [-0.15, -0.1) is 0 Å². The summed E-state index contributed by atoms with van der Waals surface area (Å²) in [5, 5.41) is 10.4. The van der Waals surface area contributed by atoms with Gasteiger partial charge in [0.25, 0.3) is 0 Å². The minimum atomic E-state index is 0.0813. The summed E-state index contributed by atoms with van der Waals surface area (Å²) in [7, 11) is 1.59. The van der Waals surface area contributed by atoms with Crippen molar-refractivity contribution in [2.45, 2.75) is 0 Å². The van der Waals surface area contributed by atoms with Crippen molar-refractivity contribution in [3.05, 3.63) is 47.6 Å². The van der Waals surface area contributed by atoms with Gasteiger partial charge in [0.15, 0.2) is 16.9 Å². The van der Waals surface area contributed by atoms with Crippen LogP contribution in [0.3, 0.4) is 0 Å². The Morgan fingerprint density at radius 2 is 1.95 bits per heavy atom. The second kappa shape index (κ2) is 4.48. The first-order valence-corrected chi connectivity index (χ1v) is 6.09. The lowest BCUT2D eigenvalue weighted by Crippen LogP contribution is -1.93. The number of para-hydroxylation sites is 1. The number of methoxy groups -OCH3 is 1. The zero-order valence-corrected chi connectivity index (χ0v) is 10.9. The van der Waals surface area contributed by atoms with Gasteiger partial charge in [-0.05, 0) is 24.3 Å². The minimum Gasteiger partial charge on any atom is -0.496 e. The van der Waals surface area contributed by atoms with Crippen LogP contribution in [0.2, 0.25) is 5.15 Å². The van der Waals surface area contributed by atoms with Gasteiger partial charge in [0.2, 0.25) is 0 Å². The molecule has 0 radical (unpaired) electrons. The zero-order valence-electron chi connectivity index (χ0n) is 10.2.